The summed E-state index contributed by atoms with van der Waals surface area (Å²) in [5.41, 5.74) is 1.67. The smallest absolute Gasteiger partial charge is 0.123 e. The van der Waals surface area contributed by atoms with Crippen LogP contribution in [-0.4, -0.2) is 13.1 Å². The molecule has 0 amide bonds. The number of hydrogen-bond donors (Lipinski definition) is 1. The van der Waals surface area contributed by atoms with Crippen LogP contribution >= 0.6 is 0 Å². The summed E-state index contributed by atoms with van der Waals surface area (Å²) in [5.74, 6) is 0.562. The molecule has 1 saturated carbocycles. The fourth-order valence-electron chi connectivity index (χ4n) is 3.20. The van der Waals surface area contributed by atoms with Crippen molar-refractivity contribution in [3.8, 4) is 0 Å². The number of rotatable bonds is 6. The fourth-order valence-corrected chi connectivity index (χ4v) is 3.20. The van der Waals surface area contributed by atoms with E-state index in [0.717, 1.165) is 19.5 Å². The number of halogens is 1. The Bertz CT molecular complexity index is 377. The first kappa shape index (κ1) is 14.5. The molecular formula is C17H26FN. The second-order valence-electron chi connectivity index (χ2n) is 6.54. The Kier molecular flexibility index (Phi) is 4.98. The van der Waals surface area contributed by atoms with E-state index in [1.165, 1.54) is 31.2 Å². The summed E-state index contributed by atoms with van der Waals surface area (Å²) in [4.78, 5) is 0. The lowest BCUT2D eigenvalue weighted by molar-refractivity contribution is 0.273. The van der Waals surface area contributed by atoms with Crippen LogP contribution in [0, 0.1) is 17.2 Å². The van der Waals surface area contributed by atoms with Crippen LogP contribution < -0.4 is 5.32 Å². The fraction of sp³-hybridized carbons (Fsp3) is 0.647. The lowest BCUT2D eigenvalue weighted by atomic mass is 9.80. The minimum Gasteiger partial charge on any atom is -0.316 e. The lowest BCUT2D eigenvalue weighted by Gasteiger charge is -2.30. The number of benzene rings is 1. The maximum absolute atomic E-state index is 13.0. The van der Waals surface area contributed by atoms with Crippen molar-refractivity contribution in [1.29, 1.82) is 0 Å². The Morgan fingerprint density at radius 3 is 2.37 bits per heavy atom. The highest BCUT2D eigenvalue weighted by atomic mass is 19.1. The van der Waals surface area contributed by atoms with Crippen LogP contribution in [-0.2, 0) is 6.42 Å². The standard InChI is InChI=1S/C17H26FN/c1-14(2)12-19-13-17(9-3-4-10-17)11-15-5-7-16(18)8-6-15/h5-8,14,19H,3-4,9-13H2,1-2H3. The molecule has 1 aliphatic rings. The summed E-state index contributed by atoms with van der Waals surface area (Å²) < 4.78 is 13.0. The minimum absolute atomic E-state index is 0.137. The van der Waals surface area contributed by atoms with Crippen LogP contribution in [0.4, 0.5) is 4.39 Å². The molecule has 2 heteroatoms. The molecule has 1 nitrogen and oxygen atoms in total. The number of nitrogens with one attached hydrogen (secondary N) is 1. The van der Waals surface area contributed by atoms with Crippen molar-refractivity contribution < 1.29 is 4.39 Å². The van der Waals surface area contributed by atoms with Gasteiger partial charge in [-0.1, -0.05) is 38.8 Å². The van der Waals surface area contributed by atoms with Crippen molar-refractivity contribution in [3.05, 3.63) is 35.6 Å². The molecule has 2 rings (SSSR count). The van der Waals surface area contributed by atoms with E-state index in [-0.39, 0.29) is 5.82 Å². The van der Waals surface area contributed by atoms with Gasteiger partial charge in [0.15, 0.2) is 0 Å². The van der Waals surface area contributed by atoms with Gasteiger partial charge in [-0.25, -0.2) is 4.39 Å². The SMILES string of the molecule is CC(C)CNCC1(Cc2ccc(F)cc2)CCCC1. The molecule has 19 heavy (non-hydrogen) atoms. The average Bonchev–Trinajstić information content (AvgIpc) is 2.81. The first-order valence-electron chi connectivity index (χ1n) is 7.55. The van der Waals surface area contributed by atoms with Gasteiger partial charge in [-0.05, 0) is 54.8 Å². The van der Waals surface area contributed by atoms with Gasteiger partial charge in [0, 0.05) is 6.54 Å². The monoisotopic (exact) mass is 263 g/mol. The third kappa shape index (κ3) is 4.31. The topological polar surface area (TPSA) is 12.0 Å². The van der Waals surface area contributed by atoms with Crippen LogP contribution in [0.25, 0.3) is 0 Å². The van der Waals surface area contributed by atoms with E-state index in [4.69, 9.17) is 0 Å². The average molecular weight is 263 g/mol. The second-order valence-corrected chi connectivity index (χ2v) is 6.54. The van der Waals surface area contributed by atoms with Crippen molar-refractivity contribution in [1.82, 2.24) is 5.32 Å². The van der Waals surface area contributed by atoms with Gasteiger partial charge in [0.25, 0.3) is 0 Å². The van der Waals surface area contributed by atoms with Gasteiger partial charge in [0.1, 0.15) is 5.82 Å². The molecule has 0 aliphatic heterocycles. The highest BCUT2D eigenvalue weighted by Gasteiger charge is 2.33. The summed E-state index contributed by atoms with van der Waals surface area (Å²) in [6.45, 7) is 6.68. The maximum Gasteiger partial charge on any atom is 0.123 e. The molecule has 0 radical (unpaired) electrons. The molecule has 0 saturated heterocycles. The van der Waals surface area contributed by atoms with Gasteiger partial charge in [0.2, 0.25) is 0 Å². The van der Waals surface area contributed by atoms with E-state index in [1.54, 1.807) is 12.1 Å². The first-order chi connectivity index (χ1) is 9.10. The van der Waals surface area contributed by atoms with Crippen LogP contribution in [0.5, 0.6) is 0 Å². The van der Waals surface area contributed by atoms with Gasteiger partial charge in [0.05, 0.1) is 0 Å². The van der Waals surface area contributed by atoms with E-state index in [0.29, 0.717) is 11.3 Å². The molecule has 1 N–H and O–H groups in total. The molecule has 1 aliphatic carbocycles. The molecule has 1 aromatic carbocycles. The molecule has 0 aromatic heterocycles. The Hall–Kier alpha value is -0.890. The zero-order valence-corrected chi connectivity index (χ0v) is 12.2. The van der Waals surface area contributed by atoms with Crippen molar-refractivity contribution >= 4 is 0 Å². The summed E-state index contributed by atoms with van der Waals surface area (Å²) in [6.07, 6.45) is 6.36. The molecule has 0 spiro atoms. The lowest BCUT2D eigenvalue weighted by Crippen LogP contribution is -2.35. The van der Waals surface area contributed by atoms with Crippen LogP contribution in [0.3, 0.4) is 0 Å². The Morgan fingerprint density at radius 2 is 1.79 bits per heavy atom. The van der Waals surface area contributed by atoms with Crippen LogP contribution in [0.1, 0.15) is 45.1 Å². The Labute approximate surface area is 116 Å². The molecule has 0 atom stereocenters. The molecule has 0 heterocycles. The van der Waals surface area contributed by atoms with Crippen LogP contribution in [0.2, 0.25) is 0 Å². The van der Waals surface area contributed by atoms with E-state index < -0.39 is 0 Å². The van der Waals surface area contributed by atoms with E-state index in [1.807, 2.05) is 12.1 Å². The molecule has 106 valence electrons. The predicted molar refractivity (Wildman–Crippen MR) is 78.7 cm³/mol. The second kappa shape index (κ2) is 6.51. The number of hydrogen-bond acceptors (Lipinski definition) is 1. The van der Waals surface area contributed by atoms with Gasteiger partial charge in [-0.2, -0.15) is 0 Å². The summed E-state index contributed by atoms with van der Waals surface area (Å²) in [6, 6.07) is 7.05. The first-order valence-corrected chi connectivity index (χ1v) is 7.55. The maximum atomic E-state index is 13.0. The van der Waals surface area contributed by atoms with E-state index >= 15 is 0 Å². The Balaban J connectivity index is 1.96. The molecular weight excluding hydrogens is 237 g/mol. The molecule has 1 aromatic rings. The highest BCUT2D eigenvalue weighted by molar-refractivity contribution is 5.18. The predicted octanol–water partition coefficient (Wildman–Crippen LogP) is 4.17. The molecule has 1 fully saturated rings. The molecule has 0 unspecified atom stereocenters. The third-order valence-electron chi connectivity index (χ3n) is 4.21. The zero-order chi connectivity index (χ0) is 13.7. The summed E-state index contributed by atoms with van der Waals surface area (Å²) in [5, 5.41) is 3.63. The van der Waals surface area contributed by atoms with Crippen LogP contribution in [0.15, 0.2) is 24.3 Å². The summed E-state index contributed by atoms with van der Waals surface area (Å²) in [7, 11) is 0. The third-order valence-corrected chi connectivity index (χ3v) is 4.21. The van der Waals surface area contributed by atoms with Gasteiger partial charge in [-0.3, -0.25) is 0 Å². The van der Waals surface area contributed by atoms with Crippen molar-refractivity contribution in [2.24, 2.45) is 11.3 Å². The minimum atomic E-state index is -0.137. The molecule has 0 bridgehead atoms. The quantitative estimate of drug-likeness (QED) is 0.812. The normalized spacial score (nSPS) is 18.1. The van der Waals surface area contributed by atoms with Crippen molar-refractivity contribution in [2.75, 3.05) is 13.1 Å². The van der Waals surface area contributed by atoms with E-state index in [2.05, 4.69) is 19.2 Å². The summed E-state index contributed by atoms with van der Waals surface area (Å²) >= 11 is 0. The zero-order valence-electron chi connectivity index (χ0n) is 12.2. The van der Waals surface area contributed by atoms with Gasteiger partial charge < -0.3 is 5.32 Å². The van der Waals surface area contributed by atoms with Crippen molar-refractivity contribution in [3.63, 3.8) is 0 Å². The van der Waals surface area contributed by atoms with Crippen molar-refractivity contribution in [2.45, 2.75) is 46.0 Å². The highest BCUT2D eigenvalue weighted by Crippen LogP contribution is 2.40. The van der Waals surface area contributed by atoms with E-state index in [9.17, 15) is 4.39 Å². The van der Waals surface area contributed by atoms with Gasteiger partial charge in [-0.15, -0.1) is 0 Å². The Morgan fingerprint density at radius 1 is 1.16 bits per heavy atom. The largest absolute Gasteiger partial charge is 0.316 e. The van der Waals surface area contributed by atoms with Gasteiger partial charge >= 0.3 is 0 Å².